The molecule has 1 N–H and O–H groups in total. The maximum atomic E-state index is 13.0. The number of H-pyrrole nitrogens is 1. The summed E-state index contributed by atoms with van der Waals surface area (Å²) >= 11 is 0. The van der Waals surface area contributed by atoms with Crippen molar-refractivity contribution in [3.8, 4) is 5.75 Å². The molecule has 0 amide bonds. The van der Waals surface area contributed by atoms with Crippen molar-refractivity contribution in [3.63, 3.8) is 0 Å². The van der Waals surface area contributed by atoms with Crippen LogP contribution in [-0.4, -0.2) is 37.0 Å². The lowest BCUT2D eigenvalue weighted by molar-refractivity contribution is -0.114. The average Bonchev–Trinajstić information content (AvgIpc) is 2.98. The van der Waals surface area contributed by atoms with Crippen molar-refractivity contribution in [1.82, 2.24) is 15.0 Å². The fourth-order valence-corrected chi connectivity index (χ4v) is 4.99. The van der Waals surface area contributed by atoms with Gasteiger partial charge in [-0.25, -0.2) is 4.98 Å². The topological polar surface area (TPSA) is 94.2 Å². The van der Waals surface area contributed by atoms with Gasteiger partial charge in [0.25, 0.3) is 0 Å². The first-order valence-corrected chi connectivity index (χ1v) is 10.5. The number of ether oxygens (including phenoxy) is 2. The Balaban J connectivity index is 1.46. The largest absolute Gasteiger partial charge is 0.465 e. The Morgan fingerprint density at radius 2 is 2.25 bits per heavy atom. The molecule has 6 rings (SSSR count). The lowest BCUT2D eigenvalue weighted by atomic mass is 10.0. The number of nitrogens with one attached hydrogen (secondary N) is 1. The summed E-state index contributed by atoms with van der Waals surface area (Å²) in [6.07, 6.45) is 2.58. The molecular formula is C20H19N3O4S. The van der Waals surface area contributed by atoms with E-state index in [1.807, 2.05) is 19.1 Å². The number of aryl methyl sites for hydroxylation is 1. The van der Waals surface area contributed by atoms with E-state index in [9.17, 15) is 9.00 Å². The van der Waals surface area contributed by atoms with E-state index in [4.69, 9.17) is 9.47 Å². The molecule has 0 radical (unpaired) electrons. The molecule has 7 nitrogen and oxygen atoms in total. The predicted octanol–water partition coefficient (Wildman–Crippen LogP) is 3.00. The molecule has 0 saturated heterocycles. The van der Waals surface area contributed by atoms with Crippen molar-refractivity contribution in [2.24, 2.45) is 0 Å². The standard InChI is InChI=1S/C20H19N3O4S/c1-10-7-14-15(8-13(10)11(2)24)23-20(22-14)28(25)9-17-19-12-3-4-18(27-17)26-16(12)5-6-21-19/h5-8,17-18H,3-4,9H2,1-2H3,(H,22,23). The number of rotatable bonds is 4. The van der Waals surface area contributed by atoms with Gasteiger partial charge >= 0.3 is 0 Å². The summed E-state index contributed by atoms with van der Waals surface area (Å²) in [7, 11) is -1.42. The van der Waals surface area contributed by atoms with Crippen LogP contribution in [0.4, 0.5) is 0 Å². The molecule has 3 unspecified atom stereocenters. The number of ketones is 1. The van der Waals surface area contributed by atoms with Crippen molar-refractivity contribution in [2.45, 2.75) is 44.2 Å². The molecule has 4 bridgehead atoms. The van der Waals surface area contributed by atoms with E-state index in [1.165, 1.54) is 6.92 Å². The SMILES string of the molecule is CC(=O)c1cc2nc(S(=O)CC3OC4CCc5c(ccnc53)O4)[nH]c2cc1C. The monoisotopic (exact) mass is 397 g/mol. The zero-order valence-electron chi connectivity index (χ0n) is 15.5. The summed E-state index contributed by atoms with van der Waals surface area (Å²) in [6.45, 7) is 3.41. The molecule has 5 heterocycles. The second-order valence-corrected chi connectivity index (χ2v) is 8.59. The summed E-state index contributed by atoms with van der Waals surface area (Å²) in [4.78, 5) is 23.8. The van der Waals surface area contributed by atoms with E-state index in [0.29, 0.717) is 16.2 Å². The highest BCUT2D eigenvalue weighted by Gasteiger charge is 2.35. The number of aromatic amines is 1. The van der Waals surface area contributed by atoms with Crippen molar-refractivity contribution < 1.29 is 18.5 Å². The third-order valence-corrected chi connectivity index (χ3v) is 6.49. The predicted molar refractivity (Wildman–Crippen MR) is 103 cm³/mol. The Morgan fingerprint density at radius 3 is 3.07 bits per heavy atom. The average molecular weight is 397 g/mol. The number of Topliss-reactive ketones (excluding diaryl/α,β-unsaturated/α-hetero) is 1. The molecule has 144 valence electrons. The van der Waals surface area contributed by atoms with Gasteiger partial charge in [-0.3, -0.25) is 14.0 Å². The highest BCUT2D eigenvalue weighted by atomic mass is 32.2. The molecule has 3 aliphatic rings. The van der Waals surface area contributed by atoms with Gasteiger partial charge in [0.2, 0.25) is 6.29 Å². The molecule has 8 heteroatoms. The third-order valence-electron chi connectivity index (χ3n) is 5.26. The smallest absolute Gasteiger partial charge is 0.200 e. The summed E-state index contributed by atoms with van der Waals surface area (Å²) in [5.41, 5.74) is 4.73. The van der Waals surface area contributed by atoms with Crippen LogP contribution in [0.15, 0.2) is 29.6 Å². The van der Waals surface area contributed by atoms with Gasteiger partial charge in [0.1, 0.15) is 11.9 Å². The summed E-state index contributed by atoms with van der Waals surface area (Å²) in [5.74, 6) is 1.03. The van der Waals surface area contributed by atoms with Crippen LogP contribution in [0.2, 0.25) is 0 Å². The van der Waals surface area contributed by atoms with Crippen LogP contribution >= 0.6 is 0 Å². The lowest BCUT2D eigenvalue weighted by Crippen LogP contribution is -2.24. The molecule has 28 heavy (non-hydrogen) atoms. The molecule has 0 fully saturated rings. The Bertz CT molecular complexity index is 1140. The van der Waals surface area contributed by atoms with E-state index in [2.05, 4.69) is 15.0 Å². The first-order chi connectivity index (χ1) is 13.5. The number of carbonyl (C=O) groups is 1. The minimum atomic E-state index is -1.42. The van der Waals surface area contributed by atoms with Gasteiger partial charge in [-0.05, 0) is 44.0 Å². The molecular weight excluding hydrogens is 378 g/mol. The zero-order valence-corrected chi connectivity index (χ0v) is 16.3. The van der Waals surface area contributed by atoms with E-state index in [-0.39, 0.29) is 17.8 Å². The van der Waals surface area contributed by atoms with E-state index >= 15 is 0 Å². The number of fused-ring (bicyclic) bond motifs is 3. The second-order valence-electron chi connectivity index (χ2n) is 7.18. The van der Waals surface area contributed by atoms with Crippen LogP contribution in [0.1, 0.15) is 46.6 Å². The molecule has 3 atom stereocenters. The van der Waals surface area contributed by atoms with Gasteiger partial charge in [-0.1, -0.05) is 0 Å². The second kappa shape index (κ2) is 6.49. The Kier molecular flexibility index (Phi) is 4.06. The molecule has 3 aliphatic heterocycles. The first kappa shape index (κ1) is 17.5. The molecule has 3 aromatic rings. The van der Waals surface area contributed by atoms with Crippen LogP contribution in [0.25, 0.3) is 11.0 Å². The number of pyridine rings is 1. The maximum Gasteiger partial charge on any atom is 0.200 e. The minimum absolute atomic E-state index is 0.0140. The van der Waals surface area contributed by atoms with Gasteiger partial charge in [0.05, 0.1) is 33.3 Å². The number of hydrogen-bond acceptors (Lipinski definition) is 6. The highest BCUT2D eigenvalue weighted by molar-refractivity contribution is 7.84. The zero-order chi connectivity index (χ0) is 19.4. The quantitative estimate of drug-likeness (QED) is 0.680. The van der Waals surface area contributed by atoms with E-state index < -0.39 is 16.9 Å². The summed E-state index contributed by atoms with van der Waals surface area (Å²) in [6, 6.07) is 5.46. The maximum absolute atomic E-state index is 13.0. The number of imidazole rings is 1. The van der Waals surface area contributed by atoms with E-state index in [0.717, 1.165) is 40.9 Å². The van der Waals surface area contributed by atoms with E-state index in [1.54, 1.807) is 12.3 Å². The fraction of sp³-hybridized carbons (Fsp3) is 0.350. The van der Waals surface area contributed by atoms with Crippen molar-refractivity contribution in [1.29, 1.82) is 0 Å². The highest BCUT2D eigenvalue weighted by Crippen LogP contribution is 2.39. The van der Waals surface area contributed by atoms with Crippen LogP contribution < -0.4 is 4.74 Å². The van der Waals surface area contributed by atoms with Crippen molar-refractivity contribution in [2.75, 3.05) is 5.75 Å². The van der Waals surface area contributed by atoms with Crippen LogP contribution in [0.5, 0.6) is 5.75 Å². The van der Waals surface area contributed by atoms with Crippen LogP contribution in [0.3, 0.4) is 0 Å². The first-order valence-electron chi connectivity index (χ1n) is 9.19. The number of nitrogens with zero attached hydrogens (tertiary/aromatic N) is 2. The Hall–Kier alpha value is -2.58. The van der Waals surface area contributed by atoms with Crippen LogP contribution in [0, 0.1) is 6.92 Å². The molecule has 2 aromatic heterocycles. The number of aromatic nitrogens is 3. The minimum Gasteiger partial charge on any atom is -0.465 e. The van der Waals surface area contributed by atoms with Crippen molar-refractivity contribution in [3.05, 3.63) is 46.8 Å². The Morgan fingerprint density at radius 1 is 1.39 bits per heavy atom. The summed E-state index contributed by atoms with van der Waals surface area (Å²) in [5, 5.41) is 0.373. The molecule has 0 saturated carbocycles. The molecule has 1 aromatic carbocycles. The summed E-state index contributed by atoms with van der Waals surface area (Å²) < 4.78 is 24.9. The lowest BCUT2D eigenvalue weighted by Gasteiger charge is -2.22. The van der Waals surface area contributed by atoms with Gasteiger partial charge in [-0.2, -0.15) is 0 Å². The van der Waals surface area contributed by atoms with Crippen molar-refractivity contribution >= 4 is 27.6 Å². The molecule has 0 aliphatic carbocycles. The third kappa shape index (κ3) is 2.84. The molecule has 0 spiro atoms. The van der Waals surface area contributed by atoms with Gasteiger partial charge in [0.15, 0.2) is 10.9 Å². The number of benzene rings is 1. The normalized spacial score (nSPS) is 21.4. The number of carbonyl (C=O) groups excluding carboxylic acids is 1. The van der Waals surface area contributed by atoms with Gasteiger partial charge in [-0.15, -0.1) is 0 Å². The Labute approximate surface area is 163 Å². The fourth-order valence-electron chi connectivity index (χ4n) is 3.90. The van der Waals surface area contributed by atoms with Crippen LogP contribution in [-0.2, 0) is 22.0 Å². The van der Waals surface area contributed by atoms with Gasteiger partial charge in [0, 0.05) is 23.7 Å². The van der Waals surface area contributed by atoms with Gasteiger partial charge < -0.3 is 14.5 Å². The number of hydrogen-bond donors (Lipinski definition) is 1.